The number of carbonyl (C=O) groups is 2. The lowest BCUT2D eigenvalue weighted by Crippen LogP contribution is -2.40. The molecule has 178 valence electrons. The Bertz CT molecular complexity index is 1190. The molecule has 2 aliphatic heterocycles. The fourth-order valence-corrected chi connectivity index (χ4v) is 5.12. The summed E-state index contributed by atoms with van der Waals surface area (Å²) in [4.78, 5) is 29.8. The van der Waals surface area contributed by atoms with Gasteiger partial charge in [0.2, 0.25) is 0 Å². The number of piperidine rings is 2. The third kappa shape index (κ3) is 4.52. The van der Waals surface area contributed by atoms with E-state index in [2.05, 4.69) is 29.5 Å². The van der Waals surface area contributed by atoms with Crippen LogP contribution >= 0.6 is 0 Å². The summed E-state index contributed by atoms with van der Waals surface area (Å²) in [7, 11) is 0. The Hall–Kier alpha value is -3.35. The second-order valence-corrected chi connectivity index (χ2v) is 9.83. The van der Waals surface area contributed by atoms with Gasteiger partial charge in [-0.2, -0.15) is 5.10 Å². The van der Waals surface area contributed by atoms with Gasteiger partial charge in [-0.3, -0.25) is 4.79 Å². The Labute approximate surface area is 200 Å². The van der Waals surface area contributed by atoms with E-state index in [0.29, 0.717) is 30.5 Å². The van der Waals surface area contributed by atoms with Crippen LogP contribution in [-0.2, 0) is 0 Å². The quantitative estimate of drug-likeness (QED) is 0.604. The summed E-state index contributed by atoms with van der Waals surface area (Å²) in [5.41, 5.74) is 4.70. The smallest absolute Gasteiger partial charge is 0.321 e. The SMILES string of the molecule is Cc1ccccc1NC(=O)N1CCC(c2ccn3ncc(C(=O)N4CCC(C)CC4)c3c2)CC1. The van der Waals surface area contributed by atoms with Gasteiger partial charge in [-0.15, -0.1) is 0 Å². The number of amides is 3. The Morgan fingerprint density at radius 1 is 0.971 bits per heavy atom. The second-order valence-electron chi connectivity index (χ2n) is 9.83. The highest BCUT2D eigenvalue weighted by molar-refractivity contribution is 6.00. The molecule has 5 rings (SSSR count). The molecule has 0 aliphatic carbocycles. The number of anilines is 1. The number of aromatic nitrogens is 2. The van der Waals surface area contributed by atoms with E-state index in [4.69, 9.17) is 0 Å². The van der Waals surface area contributed by atoms with E-state index in [0.717, 1.165) is 55.5 Å². The van der Waals surface area contributed by atoms with Gasteiger partial charge in [0.15, 0.2) is 0 Å². The first-order valence-electron chi connectivity index (χ1n) is 12.4. The number of aryl methyl sites for hydroxylation is 1. The summed E-state index contributed by atoms with van der Waals surface area (Å²) in [6.45, 7) is 7.32. The minimum absolute atomic E-state index is 0.0391. The van der Waals surface area contributed by atoms with Gasteiger partial charge in [-0.1, -0.05) is 25.1 Å². The summed E-state index contributed by atoms with van der Waals surface area (Å²) in [5, 5.41) is 7.47. The first-order chi connectivity index (χ1) is 16.5. The topological polar surface area (TPSA) is 70.0 Å². The number of urea groups is 1. The van der Waals surface area contributed by atoms with Gasteiger partial charge in [-0.25, -0.2) is 9.31 Å². The number of fused-ring (bicyclic) bond motifs is 1. The van der Waals surface area contributed by atoms with Crippen LogP contribution in [0.2, 0.25) is 0 Å². The number of nitrogens with one attached hydrogen (secondary N) is 1. The summed E-state index contributed by atoms with van der Waals surface area (Å²) in [6, 6.07) is 12.0. The maximum Gasteiger partial charge on any atom is 0.321 e. The van der Waals surface area contributed by atoms with Crippen molar-refractivity contribution in [3.63, 3.8) is 0 Å². The molecule has 0 unspecified atom stereocenters. The molecule has 0 radical (unpaired) electrons. The Morgan fingerprint density at radius 2 is 1.68 bits per heavy atom. The van der Waals surface area contributed by atoms with E-state index in [-0.39, 0.29) is 11.9 Å². The monoisotopic (exact) mass is 459 g/mol. The first-order valence-corrected chi connectivity index (χ1v) is 12.4. The fourth-order valence-electron chi connectivity index (χ4n) is 5.12. The van der Waals surface area contributed by atoms with Crippen LogP contribution in [0.25, 0.3) is 5.52 Å². The largest absolute Gasteiger partial charge is 0.339 e. The normalized spacial score (nSPS) is 17.8. The Kier molecular flexibility index (Phi) is 6.26. The minimum Gasteiger partial charge on any atom is -0.339 e. The average molecular weight is 460 g/mol. The number of pyridine rings is 1. The molecule has 0 atom stereocenters. The summed E-state index contributed by atoms with van der Waals surface area (Å²) < 4.78 is 1.80. The van der Waals surface area contributed by atoms with Crippen molar-refractivity contribution in [3.8, 4) is 0 Å². The Morgan fingerprint density at radius 3 is 2.41 bits per heavy atom. The number of hydrogen-bond acceptors (Lipinski definition) is 3. The molecule has 34 heavy (non-hydrogen) atoms. The number of nitrogens with zero attached hydrogens (tertiary/aromatic N) is 4. The minimum atomic E-state index is -0.0391. The zero-order chi connectivity index (χ0) is 23.7. The zero-order valence-electron chi connectivity index (χ0n) is 20.0. The van der Waals surface area contributed by atoms with Crippen LogP contribution in [-0.4, -0.2) is 57.5 Å². The van der Waals surface area contributed by atoms with Gasteiger partial charge in [0, 0.05) is 38.1 Å². The van der Waals surface area contributed by atoms with E-state index in [1.165, 1.54) is 5.56 Å². The molecule has 0 saturated carbocycles. The van der Waals surface area contributed by atoms with Gasteiger partial charge in [0.1, 0.15) is 0 Å². The zero-order valence-corrected chi connectivity index (χ0v) is 20.0. The number of hydrogen-bond donors (Lipinski definition) is 1. The first kappa shape index (κ1) is 22.4. The van der Waals surface area contributed by atoms with Crippen molar-refractivity contribution in [1.82, 2.24) is 19.4 Å². The molecule has 0 bridgehead atoms. The molecule has 1 N–H and O–H groups in total. The number of benzene rings is 1. The van der Waals surface area contributed by atoms with Crippen LogP contribution in [0.3, 0.4) is 0 Å². The molecule has 7 heteroatoms. The summed E-state index contributed by atoms with van der Waals surface area (Å²) in [6.07, 6.45) is 7.59. The molecule has 2 aliphatic rings. The van der Waals surface area contributed by atoms with Gasteiger partial charge >= 0.3 is 6.03 Å². The predicted molar refractivity (Wildman–Crippen MR) is 133 cm³/mol. The van der Waals surface area contributed by atoms with Gasteiger partial charge < -0.3 is 15.1 Å². The number of likely N-dealkylation sites (tertiary alicyclic amines) is 2. The number of carbonyl (C=O) groups excluding carboxylic acids is 2. The standard InChI is InChI=1S/C27H33N5O2/c1-19-7-12-30(13-8-19)26(33)23-18-28-32-16-11-22(17-25(23)32)21-9-14-31(15-10-21)27(34)29-24-6-4-3-5-20(24)2/h3-6,11,16-19,21H,7-10,12-15H2,1-2H3,(H,29,34). The van der Waals surface area contributed by atoms with Crippen LogP contribution < -0.4 is 5.32 Å². The lowest BCUT2D eigenvalue weighted by Gasteiger charge is -2.32. The van der Waals surface area contributed by atoms with Crippen molar-refractivity contribution in [1.29, 1.82) is 0 Å². The molecule has 2 fully saturated rings. The summed E-state index contributed by atoms with van der Waals surface area (Å²) in [5.74, 6) is 1.13. The van der Waals surface area contributed by atoms with Gasteiger partial charge in [0.05, 0.1) is 17.3 Å². The van der Waals surface area contributed by atoms with Crippen LogP contribution in [0.4, 0.5) is 10.5 Å². The molecule has 3 amide bonds. The molecule has 2 saturated heterocycles. The second kappa shape index (κ2) is 9.49. The van der Waals surface area contributed by atoms with E-state index < -0.39 is 0 Å². The fraction of sp³-hybridized carbons (Fsp3) is 0.444. The molecule has 4 heterocycles. The lowest BCUT2D eigenvalue weighted by molar-refractivity contribution is 0.0699. The number of rotatable bonds is 3. The highest BCUT2D eigenvalue weighted by Gasteiger charge is 2.27. The number of para-hydroxylation sites is 1. The van der Waals surface area contributed by atoms with E-state index in [1.54, 1.807) is 10.7 Å². The lowest BCUT2D eigenvalue weighted by atomic mass is 9.89. The maximum atomic E-state index is 13.2. The van der Waals surface area contributed by atoms with E-state index >= 15 is 0 Å². The molecule has 3 aromatic rings. The Balaban J connectivity index is 1.25. The average Bonchev–Trinajstić information content (AvgIpc) is 3.29. The highest BCUT2D eigenvalue weighted by atomic mass is 16.2. The van der Waals surface area contributed by atoms with Gasteiger partial charge in [0.25, 0.3) is 5.91 Å². The summed E-state index contributed by atoms with van der Waals surface area (Å²) >= 11 is 0. The molecular weight excluding hydrogens is 426 g/mol. The van der Waals surface area contributed by atoms with Crippen molar-refractivity contribution in [2.45, 2.75) is 45.4 Å². The molecule has 1 aromatic carbocycles. The molecule has 0 spiro atoms. The van der Waals surface area contributed by atoms with E-state index in [9.17, 15) is 9.59 Å². The van der Waals surface area contributed by atoms with Crippen molar-refractivity contribution in [3.05, 3.63) is 65.5 Å². The van der Waals surface area contributed by atoms with E-state index in [1.807, 2.05) is 47.2 Å². The predicted octanol–water partition coefficient (Wildman–Crippen LogP) is 4.93. The van der Waals surface area contributed by atoms with Gasteiger partial charge in [-0.05, 0) is 73.8 Å². The molecule has 7 nitrogen and oxygen atoms in total. The maximum absolute atomic E-state index is 13.2. The van der Waals surface area contributed by atoms with Crippen molar-refractivity contribution < 1.29 is 9.59 Å². The van der Waals surface area contributed by atoms with Crippen molar-refractivity contribution in [2.24, 2.45) is 5.92 Å². The van der Waals surface area contributed by atoms with Crippen molar-refractivity contribution in [2.75, 3.05) is 31.5 Å². The van der Waals surface area contributed by atoms with Crippen LogP contribution in [0, 0.1) is 12.8 Å². The van der Waals surface area contributed by atoms with Crippen LogP contribution in [0.1, 0.15) is 60.0 Å². The molecule has 2 aromatic heterocycles. The van der Waals surface area contributed by atoms with Crippen molar-refractivity contribution >= 4 is 23.1 Å². The third-order valence-electron chi connectivity index (χ3n) is 7.49. The highest BCUT2D eigenvalue weighted by Crippen LogP contribution is 2.30. The third-order valence-corrected chi connectivity index (χ3v) is 7.49. The van der Waals surface area contributed by atoms with Crippen LogP contribution in [0.5, 0.6) is 0 Å². The van der Waals surface area contributed by atoms with Crippen LogP contribution in [0.15, 0.2) is 48.8 Å². The molecular formula is C27H33N5O2.